The Morgan fingerprint density at radius 1 is 1.38 bits per heavy atom. The van der Waals surface area contributed by atoms with Crippen LogP contribution in [0.15, 0.2) is 18.3 Å². The molecule has 1 atom stereocenters. The smallest absolute Gasteiger partial charge is 0.0375 e. The molecule has 2 heteroatoms. The number of hydrogen-bond acceptors (Lipinski definition) is 2. The lowest BCUT2D eigenvalue weighted by molar-refractivity contribution is 0.319. The van der Waals surface area contributed by atoms with Gasteiger partial charge in [0, 0.05) is 17.9 Å². The molecule has 0 aromatic carbocycles. The molecule has 1 aromatic heterocycles. The van der Waals surface area contributed by atoms with Crippen molar-refractivity contribution < 1.29 is 0 Å². The summed E-state index contributed by atoms with van der Waals surface area (Å²) < 4.78 is 0. The van der Waals surface area contributed by atoms with Crippen LogP contribution in [0.1, 0.15) is 55.8 Å². The van der Waals surface area contributed by atoms with Gasteiger partial charge in [-0.1, -0.05) is 32.1 Å². The molecule has 0 bridgehead atoms. The fourth-order valence-electron chi connectivity index (χ4n) is 2.72. The van der Waals surface area contributed by atoms with E-state index in [2.05, 4.69) is 17.1 Å². The zero-order chi connectivity index (χ0) is 11.4. The summed E-state index contributed by atoms with van der Waals surface area (Å²) in [5.41, 5.74) is 8.58. The highest BCUT2D eigenvalue weighted by atomic mass is 14.7. The van der Waals surface area contributed by atoms with E-state index in [-0.39, 0.29) is 6.04 Å². The molecule has 2 N–H and O–H groups in total. The molecule has 1 aliphatic carbocycles. The zero-order valence-electron chi connectivity index (χ0n) is 10.2. The number of nitrogens with two attached hydrogens (primary N) is 1. The minimum Gasteiger partial charge on any atom is -0.324 e. The third-order valence-electron chi connectivity index (χ3n) is 3.66. The summed E-state index contributed by atoms with van der Waals surface area (Å²) in [7, 11) is 0. The fraction of sp³-hybridized carbons (Fsp3) is 0.643. The van der Waals surface area contributed by atoms with Crippen molar-refractivity contribution in [1.29, 1.82) is 0 Å². The standard InChI is InChI=1S/C14H22N2/c1-11-9-13(7-8-16-11)14(15)10-12-5-3-2-4-6-12/h7-9,12,14H,2-6,10,15H2,1H3. The summed E-state index contributed by atoms with van der Waals surface area (Å²) in [5, 5.41) is 0. The van der Waals surface area contributed by atoms with Gasteiger partial charge in [0.05, 0.1) is 0 Å². The molecule has 1 heterocycles. The Morgan fingerprint density at radius 3 is 2.81 bits per heavy atom. The van der Waals surface area contributed by atoms with Gasteiger partial charge in [-0.2, -0.15) is 0 Å². The molecule has 1 saturated carbocycles. The lowest BCUT2D eigenvalue weighted by atomic mass is 9.83. The van der Waals surface area contributed by atoms with E-state index in [0.29, 0.717) is 0 Å². The summed E-state index contributed by atoms with van der Waals surface area (Å²) in [6, 6.07) is 4.37. The first-order valence-corrected chi connectivity index (χ1v) is 6.44. The third kappa shape index (κ3) is 3.05. The van der Waals surface area contributed by atoms with Gasteiger partial charge in [0.25, 0.3) is 0 Å². The Kier molecular flexibility index (Phi) is 3.94. The SMILES string of the molecule is Cc1cc(C(N)CC2CCCCC2)ccn1. The minimum atomic E-state index is 0.199. The molecule has 0 radical (unpaired) electrons. The molecule has 16 heavy (non-hydrogen) atoms. The Bertz CT molecular complexity index is 329. The molecule has 88 valence electrons. The van der Waals surface area contributed by atoms with Crippen molar-refractivity contribution >= 4 is 0 Å². The van der Waals surface area contributed by atoms with Crippen molar-refractivity contribution in [2.75, 3.05) is 0 Å². The molecule has 1 aliphatic rings. The zero-order valence-corrected chi connectivity index (χ0v) is 10.2. The van der Waals surface area contributed by atoms with Crippen LogP contribution in [0.4, 0.5) is 0 Å². The first kappa shape index (κ1) is 11.6. The van der Waals surface area contributed by atoms with Gasteiger partial charge >= 0.3 is 0 Å². The Hall–Kier alpha value is -0.890. The maximum atomic E-state index is 6.27. The highest BCUT2D eigenvalue weighted by Crippen LogP contribution is 2.30. The van der Waals surface area contributed by atoms with E-state index in [1.165, 1.54) is 37.7 Å². The highest BCUT2D eigenvalue weighted by Gasteiger charge is 2.17. The van der Waals surface area contributed by atoms with Crippen LogP contribution in [-0.2, 0) is 0 Å². The molecule has 2 nitrogen and oxygen atoms in total. The van der Waals surface area contributed by atoms with E-state index in [1.807, 2.05) is 13.1 Å². The summed E-state index contributed by atoms with van der Waals surface area (Å²) in [5.74, 6) is 0.845. The van der Waals surface area contributed by atoms with Crippen molar-refractivity contribution in [3.05, 3.63) is 29.6 Å². The van der Waals surface area contributed by atoms with Crippen molar-refractivity contribution in [1.82, 2.24) is 4.98 Å². The number of pyridine rings is 1. The van der Waals surface area contributed by atoms with Crippen LogP contribution in [0.5, 0.6) is 0 Å². The number of rotatable bonds is 3. The maximum absolute atomic E-state index is 6.27. The monoisotopic (exact) mass is 218 g/mol. The van der Waals surface area contributed by atoms with Crippen molar-refractivity contribution in [3.8, 4) is 0 Å². The van der Waals surface area contributed by atoms with Gasteiger partial charge in [-0.3, -0.25) is 4.98 Å². The minimum absolute atomic E-state index is 0.199. The van der Waals surface area contributed by atoms with Crippen molar-refractivity contribution in [3.63, 3.8) is 0 Å². The fourth-order valence-corrected chi connectivity index (χ4v) is 2.72. The van der Waals surface area contributed by atoms with Crippen LogP contribution < -0.4 is 5.73 Å². The van der Waals surface area contributed by atoms with E-state index >= 15 is 0 Å². The first-order chi connectivity index (χ1) is 7.75. The molecule has 2 rings (SSSR count). The lowest BCUT2D eigenvalue weighted by Crippen LogP contribution is -2.17. The lowest BCUT2D eigenvalue weighted by Gasteiger charge is -2.24. The Morgan fingerprint density at radius 2 is 2.12 bits per heavy atom. The number of hydrogen-bond donors (Lipinski definition) is 1. The second kappa shape index (κ2) is 5.44. The van der Waals surface area contributed by atoms with E-state index in [4.69, 9.17) is 5.73 Å². The van der Waals surface area contributed by atoms with E-state index in [1.54, 1.807) is 0 Å². The van der Waals surface area contributed by atoms with Gasteiger partial charge in [-0.15, -0.1) is 0 Å². The summed E-state index contributed by atoms with van der Waals surface area (Å²) in [6.07, 6.45) is 9.96. The van der Waals surface area contributed by atoms with Crippen LogP contribution in [-0.4, -0.2) is 4.98 Å². The summed E-state index contributed by atoms with van der Waals surface area (Å²) in [4.78, 5) is 4.21. The number of nitrogens with zero attached hydrogens (tertiary/aromatic N) is 1. The van der Waals surface area contributed by atoms with Gasteiger partial charge in [-0.05, 0) is 37.0 Å². The van der Waals surface area contributed by atoms with E-state index < -0.39 is 0 Å². The number of aryl methyl sites for hydroxylation is 1. The topological polar surface area (TPSA) is 38.9 Å². The molecule has 1 fully saturated rings. The quantitative estimate of drug-likeness (QED) is 0.845. The molecule has 0 amide bonds. The van der Waals surface area contributed by atoms with Crippen LogP contribution >= 0.6 is 0 Å². The second-order valence-corrected chi connectivity index (χ2v) is 5.08. The highest BCUT2D eigenvalue weighted by molar-refractivity contribution is 5.19. The predicted molar refractivity (Wildman–Crippen MR) is 67.1 cm³/mol. The molecule has 1 aromatic rings. The first-order valence-electron chi connectivity index (χ1n) is 6.44. The predicted octanol–water partition coefficient (Wildman–Crippen LogP) is 3.36. The maximum Gasteiger partial charge on any atom is 0.0375 e. The Labute approximate surface area is 98.3 Å². The average molecular weight is 218 g/mol. The molecule has 0 aliphatic heterocycles. The molecule has 0 spiro atoms. The summed E-state index contributed by atoms with van der Waals surface area (Å²) >= 11 is 0. The summed E-state index contributed by atoms with van der Waals surface area (Å²) in [6.45, 7) is 2.02. The van der Waals surface area contributed by atoms with Crippen LogP contribution in [0, 0.1) is 12.8 Å². The molecular formula is C14H22N2. The van der Waals surface area contributed by atoms with Crippen LogP contribution in [0.3, 0.4) is 0 Å². The number of aromatic nitrogens is 1. The van der Waals surface area contributed by atoms with E-state index in [0.717, 1.165) is 18.0 Å². The van der Waals surface area contributed by atoms with Crippen molar-refractivity contribution in [2.45, 2.75) is 51.5 Å². The largest absolute Gasteiger partial charge is 0.324 e. The van der Waals surface area contributed by atoms with Crippen LogP contribution in [0.2, 0.25) is 0 Å². The molecular weight excluding hydrogens is 196 g/mol. The van der Waals surface area contributed by atoms with Gasteiger partial charge < -0.3 is 5.73 Å². The average Bonchev–Trinajstić information content (AvgIpc) is 2.30. The second-order valence-electron chi connectivity index (χ2n) is 5.08. The normalized spacial score (nSPS) is 19.6. The van der Waals surface area contributed by atoms with E-state index in [9.17, 15) is 0 Å². The van der Waals surface area contributed by atoms with Gasteiger partial charge in [0.1, 0.15) is 0 Å². The van der Waals surface area contributed by atoms with Gasteiger partial charge in [-0.25, -0.2) is 0 Å². The third-order valence-corrected chi connectivity index (χ3v) is 3.66. The van der Waals surface area contributed by atoms with Crippen LogP contribution in [0.25, 0.3) is 0 Å². The molecule has 0 saturated heterocycles. The van der Waals surface area contributed by atoms with Gasteiger partial charge in [0.15, 0.2) is 0 Å². The Balaban J connectivity index is 1.94. The van der Waals surface area contributed by atoms with Gasteiger partial charge in [0.2, 0.25) is 0 Å². The molecule has 1 unspecified atom stereocenters. The van der Waals surface area contributed by atoms with Crippen molar-refractivity contribution in [2.24, 2.45) is 11.7 Å².